The molecule has 0 aliphatic carbocycles. The zero-order chi connectivity index (χ0) is 14.4. The van der Waals surface area contributed by atoms with Crippen LogP contribution in [-0.2, 0) is 11.2 Å². The molecule has 1 N–H and O–H groups in total. The third kappa shape index (κ3) is 4.05. The van der Waals surface area contributed by atoms with Gasteiger partial charge in [-0.05, 0) is 53.5 Å². The number of aromatic nitrogens is 1. The number of halogens is 1. The van der Waals surface area contributed by atoms with E-state index in [-0.39, 0.29) is 5.97 Å². The lowest BCUT2D eigenvalue weighted by molar-refractivity contribution is 0.0527. The molecule has 2 aromatic rings. The van der Waals surface area contributed by atoms with Crippen LogP contribution in [0.1, 0.15) is 22.2 Å². The maximum Gasteiger partial charge on any atom is 0.341 e. The fourth-order valence-electron chi connectivity index (χ4n) is 1.71. The highest BCUT2D eigenvalue weighted by atomic mass is 79.9. The van der Waals surface area contributed by atoms with Gasteiger partial charge in [0.05, 0.1) is 10.4 Å². The normalized spacial score (nSPS) is 10.3. The Kier molecular flexibility index (Phi) is 5.55. The Bertz CT molecular complexity index is 586. The van der Waals surface area contributed by atoms with E-state index in [1.165, 1.54) is 4.88 Å². The zero-order valence-electron chi connectivity index (χ0n) is 11.1. The lowest BCUT2D eigenvalue weighted by Gasteiger charge is -2.09. The van der Waals surface area contributed by atoms with Crippen molar-refractivity contribution in [3.8, 4) is 0 Å². The fourth-order valence-corrected chi connectivity index (χ4v) is 3.19. The minimum Gasteiger partial charge on any atom is -0.462 e. The number of ether oxygens (including phenoxy) is 1. The number of carbonyl (C=O) groups is 1. The summed E-state index contributed by atoms with van der Waals surface area (Å²) in [6.07, 6.45) is 2.54. The van der Waals surface area contributed by atoms with Gasteiger partial charge in [-0.3, -0.25) is 0 Å². The van der Waals surface area contributed by atoms with E-state index in [0.717, 1.165) is 16.8 Å². The van der Waals surface area contributed by atoms with E-state index in [4.69, 9.17) is 4.74 Å². The molecule has 106 valence electrons. The number of nitrogens with one attached hydrogen (secondary N) is 1. The Labute approximate surface area is 130 Å². The van der Waals surface area contributed by atoms with Crippen LogP contribution in [-0.4, -0.2) is 24.1 Å². The molecule has 2 aromatic heterocycles. The number of esters is 1. The molecule has 0 unspecified atom stereocenters. The van der Waals surface area contributed by atoms with Crippen LogP contribution >= 0.6 is 27.3 Å². The molecule has 2 heterocycles. The molecular weight excluding hydrogens is 340 g/mol. The van der Waals surface area contributed by atoms with Crippen molar-refractivity contribution >= 4 is 39.1 Å². The SMILES string of the molecule is CCOC(=O)c1cccnc1NCCc1ccc(Br)s1. The van der Waals surface area contributed by atoms with Crippen LogP contribution in [0.15, 0.2) is 34.2 Å². The summed E-state index contributed by atoms with van der Waals surface area (Å²) < 4.78 is 6.14. The number of carbonyl (C=O) groups excluding carboxylic acids is 1. The molecule has 6 heteroatoms. The van der Waals surface area contributed by atoms with Gasteiger partial charge in [-0.15, -0.1) is 11.3 Å². The van der Waals surface area contributed by atoms with Crippen LogP contribution in [0.4, 0.5) is 5.82 Å². The molecule has 0 atom stereocenters. The van der Waals surface area contributed by atoms with Crippen molar-refractivity contribution in [1.82, 2.24) is 4.98 Å². The lowest BCUT2D eigenvalue weighted by Crippen LogP contribution is -2.12. The van der Waals surface area contributed by atoms with Gasteiger partial charge in [0.1, 0.15) is 11.4 Å². The highest BCUT2D eigenvalue weighted by Crippen LogP contribution is 2.22. The molecule has 0 aromatic carbocycles. The lowest BCUT2D eigenvalue weighted by atomic mass is 10.2. The summed E-state index contributed by atoms with van der Waals surface area (Å²) in [5, 5.41) is 3.19. The molecule has 2 rings (SSSR count). The second-order valence-electron chi connectivity index (χ2n) is 4.00. The predicted octanol–water partition coefficient (Wildman–Crippen LogP) is 3.74. The molecule has 0 saturated carbocycles. The van der Waals surface area contributed by atoms with Crippen LogP contribution < -0.4 is 5.32 Å². The summed E-state index contributed by atoms with van der Waals surface area (Å²) in [5.74, 6) is 0.225. The molecule has 0 amide bonds. The van der Waals surface area contributed by atoms with Gasteiger partial charge in [-0.25, -0.2) is 9.78 Å². The maximum atomic E-state index is 11.8. The van der Waals surface area contributed by atoms with Crippen molar-refractivity contribution in [3.63, 3.8) is 0 Å². The van der Waals surface area contributed by atoms with Gasteiger partial charge in [-0.1, -0.05) is 0 Å². The number of hydrogen-bond acceptors (Lipinski definition) is 5. The zero-order valence-corrected chi connectivity index (χ0v) is 13.5. The minimum atomic E-state index is -0.345. The van der Waals surface area contributed by atoms with E-state index >= 15 is 0 Å². The number of nitrogens with zero attached hydrogens (tertiary/aromatic N) is 1. The van der Waals surface area contributed by atoms with Crippen molar-refractivity contribution in [2.24, 2.45) is 0 Å². The van der Waals surface area contributed by atoms with E-state index in [1.807, 2.05) is 6.07 Å². The standard InChI is InChI=1S/C14H15BrN2O2S/c1-2-19-14(18)11-4-3-8-16-13(11)17-9-7-10-5-6-12(15)20-10/h3-6,8H,2,7,9H2,1H3,(H,16,17). The maximum absolute atomic E-state index is 11.8. The molecular formula is C14H15BrN2O2S. The first-order valence-corrected chi connectivity index (χ1v) is 7.92. The number of hydrogen-bond donors (Lipinski definition) is 1. The van der Waals surface area contributed by atoms with Gasteiger partial charge in [0.15, 0.2) is 0 Å². The van der Waals surface area contributed by atoms with Gasteiger partial charge in [0, 0.05) is 17.6 Å². The Morgan fingerprint density at radius 3 is 3.00 bits per heavy atom. The monoisotopic (exact) mass is 354 g/mol. The molecule has 4 nitrogen and oxygen atoms in total. The van der Waals surface area contributed by atoms with Crippen LogP contribution in [0.5, 0.6) is 0 Å². The summed E-state index contributed by atoms with van der Waals surface area (Å²) in [4.78, 5) is 17.3. The summed E-state index contributed by atoms with van der Waals surface area (Å²) >= 11 is 5.15. The average molecular weight is 355 g/mol. The molecule has 0 aliphatic heterocycles. The first-order valence-electron chi connectivity index (χ1n) is 6.31. The molecule has 0 spiro atoms. The molecule has 0 aliphatic rings. The summed E-state index contributed by atoms with van der Waals surface area (Å²) in [6.45, 7) is 2.86. The highest BCUT2D eigenvalue weighted by molar-refractivity contribution is 9.11. The van der Waals surface area contributed by atoms with Crippen LogP contribution in [0.2, 0.25) is 0 Å². The predicted molar refractivity (Wildman–Crippen MR) is 84.4 cm³/mol. The highest BCUT2D eigenvalue weighted by Gasteiger charge is 2.12. The van der Waals surface area contributed by atoms with Gasteiger partial charge < -0.3 is 10.1 Å². The first-order chi connectivity index (χ1) is 9.70. The van der Waals surface area contributed by atoms with Crippen LogP contribution in [0.3, 0.4) is 0 Å². The number of anilines is 1. The third-order valence-electron chi connectivity index (χ3n) is 2.60. The van der Waals surface area contributed by atoms with Crippen molar-refractivity contribution in [2.75, 3.05) is 18.5 Å². The topological polar surface area (TPSA) is 51.2 Å². The molecule has 0 fully saturated rings. The number of pyridine rings is 1. The van der Waals surface area contributed by atoms with Crippen molar-refractivity contribution in [2.45, 2.75) is 13.3 Å². The molecule has 20 heavy (non-hydrogen) atoms. The second-order valence-corrected chi connectivity index (χ2v) is 6.55. The largest absolute Gasteiger partial charge is 0.462 e. The molecule has 0 bridgehead atoms. The number of rotatable bonds is 6. The van der Waals surface area contributed by atoms with Crippen molar-refractivity contribution in [1.29, 1.82) is 0 Å². The Morgan fingerprint density at radius 1 is 1.45 bits per heavy atom. The van der Waals surface area contributed by atoms with E-state index < -0.39 is 0 Å². The van der Waals surface area contributed by atoms with E-state index in [9.17, 15) is 4.79 Å². The van der Waals surface area contributed by atoms with E-state index in [0.29, 0.717) is 18.0 Å². The van der Waals surface area contributed by atoms with Crippen LogP contribution in [0, 0.1) is 0 Å². The number of thiophene rings is 1. The summed E-state index contributed by atoms with van der Waals surface area (Å²) in [6, 6.07) is 7.56. The first kappa shape index (κ1) is 15.0. The van der Waals surface area contributed by atoms with Crippen LogP contribution in [0.25, 0.3) is 0 Å². The molecule has 0 saturated heterocycles. The van der Waals surface area contributed by atoms with E-state index in [1.54, 1.807) is 36.6 Å². The Hall–Kier alpha value is -1.40. The van der Waals surface area contributed by atoms with E-state index in [2.05, 4.69) is 32.3 Å². The molecule has 0 radical (unpaired) electrons. The average Bonchev–Trinajstić information content (AvgIpc) is 2.85. The van der Waals surface area contributed by atoms with Gasteiger partial charge in [-0.2, -0.15) is 0 Å². The smallest absolute Gasteiger partial charge is 0.341 e. The van der Waals surface area contributed by atoms with Gasteiger partial charge in [0.2, 0.25) is 0 Å². The fraction of sp³-hybridized carbons (Fsp3) is 0.286. The Balaban J connectivity index is 1.97. The summed E-state index contributed by atoms with van der Waals surface area (Å²) in [7, 11) is 0. The van der Waals surface area contributed by atoms with Gasteiger partial charge >= 0.3 is 5.97 Å². The third-order valence-corrected chi connectivity index (χ3v) is 4.28. The van der Waals surface area contributed by atoms with Crippen molar-refractivity contribution in [3.05, 3.63) is 44.7 Å². The van der Waals surface area contributed by atoms with Crippen molar-refractivity contribution < 1.29 is 9.53 Å². The quantitative estimate of drug-likeness (QED) is 0.802. The van der Waals surface area contributed by atoms with Gasteiger partial charge in [0.25, 0.3) is 0 Å². The second kappa shape index (κ2) is 7.40. The summed E-state index contributed by atoms with van der Waals surface area (Å²) in [5.41, 5.74) is 0.474. The minimum absolute atomic E-state index is 0.345. The Morgan fingerprint density at radius 2 is 2.30 bits per heavy atom.